The Morgan fingerprint density at radius 2 is 1.88 bits per heavy atom. The smallest absolute Gasteiger partial charge is 0.354 e. The summed E-state index contributed by atoms with van der Waals surface area (Å²) in [6, 6.07) is 2.34. The van der Waals surface area contributed by atoms with E-state index >= 15 is 0 Å². The minimum atomic E-state index is -1.02. The lowest BCUT2D eigenvalue weighted by molar-refractivity contribution is -0.385. The molecule has 0 aromatic heterocycles. The lowest BCUT2D eigenvalue weighted by atomic mass is 10.1. The Morgan fingerprint density at radius 1 is 1.25 bits per heavy atom. The lowest BCUT2D eigenvalue weighted by Crippen LogP contribution is -2.01. The highest BCUT2D eigenvalue weighted by Gasteiger charge is 2.39. The second-order valence-corrected chi connectivity index (χ2v) is 2.97. The largest absolute Gasteiger partial charge is 0.496 e. The molecule has 7 heteroatoms. The van der Waals surface area contributed by atoms with Gasteiger partial charge in [0, 0.05) is 6.07 Å². The van der Waals surface area contributed by atoms with Gasteiger partial charge in [-0.05, 0) is 6.07 Å². The van der Waals surface area contributed by atoms with Crippen LogP contribution in [-0.2, 0) is 4.74 Å². The van der Waals surface area contributed by atoms with E-state index in [0.717, 1.165) is 6.07 Å². The van der Waals surface area contributed by atoms with Gasteiger partial charge in [-0.3, -0.25) is 10.1 Å². The Hall–Kier alpha value is -2.44. The summed E-state index contributed by atoms with van der Waals surface area (Å²) in [7, 11) is 1.29. The summed E-state index contributed by atoms with van der Waals surface area (Å²) < 4.78 is 9.14. The van der Waals surface area contributed by atoms with Crippen molar-refractivity contribution in [2.75, 3.05) is 7.11 Å². The second kappa shape index (κ2) is 3.30. The predicted octanol–water partition coefficient (Wildman–Crippen LogP) is 0.914. The number of rotatable bonds is 2. The molecule has 0 fully saturated rings. The number of fused-ring (bicyclic) bond motifs is 1. The fourth-order valence-electron chi connectivity index (χ4n) is 1.49. The van der Waals surface area contributed by atoms with Gasteiger partial charge in [0.2, 0.25) is 0 Å². The molecular weight excluding hydrogens is 218 g/mol. The number of esters is 2. The number of nitro benzene ring substituents is 1. The average molecular weight is 223 g/mol. The molecule has 1 aromatic carbocycles. The summed E-state index contributed by atoms with van der Waals surface area (Å²) in [4.78, 5) is 32.5. The first kappa shape index (κ1) is 10.1. The molecule has 2 rings (SSSR count). The third kappa shape index (κ3) is 1.22. The number of carbonyl (C=O) groups excluding carboxylic acids is 2. The van der Waals surface area contributed by atoms with Gasteiger partial charge in [-0.1, -0.05) is 0 Å². The van der Waals surface area contributed by atoms with E-state index in [1.807, 2.05) is 0 Å². The van der Waals surface area contributed by atoms with Gasteiger partial charge in [0.05, 0.1) is 12.0 Å². The van der Waals surface area contributed by atoms with Crippen LogP contribution < -0.4 is 4.74 Å². The molecule has 0 N–H and O–H groups in total. The summed E-state index contributed by atoms with van der Waals surface area (Å²) >= 11 is 0. The highest BCUT2D eigenvalue weighted by Crippen LogP contribution is 2.35. The Morgan fingerprint density at radius 3 is 2.44 bits per heavy atom. The first-order valence-electron chi connectivity index (χ1n) is 4.18. The molecule has 0 atom stereocenters. The van der Waals surface area contributed by atoms with Crippen molar-refractivity contribution < 1.29 is 24.0 Å². The van der Waals surface area contributed by atoms with Crippen LogP contribution in [0.15, 0.2) is 12.1 Å². The van der Waals surface area contributed by atoms with Crippen LogP contribution in [-0.4, -0.2) is 24.0 Å². The molecule has 0 radical (unpaired) electrons. The Kier molecular flexibility index (Phi) is 2.08. The molecule has 16 heavy (non-hydrogen) atoms. The van der Waals surface area contributed by atoms with Gasteiger partial charge in [0.15, 0.2) is 5.56 Å². The minimum absolute atomic E-state index is 0.0800. The lowest BCUT2D eigenvalue weighted by Gasteiger charge is -2.02. The summed E-state index contributed by atoms with van der Waals surface area (Å²) in [5, 5.41) is 10.7. The van der Waals surface area contributed by atoms with Crippen molar-refractivity contribution in [2.45, 2.75) is 0 Å². The van der Waals surface area contributed by atoms with E-state index in [1.165, 1.54) is 13.2 Å². The third-order valence-electron chi connectivity index (χ3n) is 2.16. The van der Waals surface area contributed by atoms with E-state index in [2.05, 4.69) is 4.74 Å². The van der Waals surface area contributed by atoms with Gasteiger partial charge in [0.25, 0.3) is 5.69 Å². The number of cyclic esters (lactones) is 2. The first-order chi connectivity index (χ1) is 7.56. The van der Waals surface area contributed by atoms with Crippen LogP contribution in [0.3, 0.4) is 0 Å². The van der Waals surface area contributed by atoms with Gasteiger partial charge in [0.1, 0.15) is 11.3 Å². The average Bonchev–Trinajstić information content (AvgIpc) is 2.54. The van der Waals surface area contributed by atoms with E-state index in [4.69, 9.17) is 4.74 Å². The number of ether oxygens (including phenoxy) is 2. The normalized spacial score (nSPS) is 13.3. The molecule has 1 heterocycles. The molecule has 0 aliphatic carbocycles. The molecular formula is C9H5NO6. The number of hydrogen-bond donors (Lipinski definition) is 0. The van der Waals surface area contributed by atoms with Crippen LogP contribution >= 0.6 is 0 Å². The number of benzene rings is 1. The summed E-state index contributed by atoms with van der Waals surface area (Å²) in [5.74, 6) is -1.87. The zero-order valence-electron chi connectivity index (χ0n) is 8.05. The fourth-order valence-corrected chi connectivity index (χ4v) is 1.49. The molecule has 0 amide bonds. The van der Waals surface area contributed by atoms with E-state index in [1.54, 1.807) is 0 Å². The molecule has 1 aromatic rings. The number of methoxy groups -OCH3 is 1. The second-order valence-electron chi connectivity index (χ2n) is 2.97. The topological polar surface area (TPSA) is 95.7 Å². The number of nitro groups is 1. The summed E-state index contributed by atoms with van der Waals surface area (Å²) in [6.45, 7) is 0. The molecule has 82 valence electrons. The molecule has 0 spiro atoms. The molecule has 0 saturated heterocycles. The highest BCUT2D eigenvalue weighted by atomic mass is 16.6. The molecule has 7 nitrogen and oxygen atoms in total. The summed E-state index contributed by atoms with van der Waals surface area (Å²) in [6.07, 6.45) is 0. The van der Waals surface area contributed by atoms with Crippen molar-refractivity contribution in [3.05, 3.63) is 33.4 Å². The van der Waals surface area contributed by atoms with Crippen molar-refractivity contribution in [2.24, 2.45) is 0 Å². The van der Waals surface area contributed by atoms with Crippen LogP contribution in [0.25, 0.3) is 0 Å². The van der Waals surface area contributed by atoms with Gasteiger partial charge in [-0.25, -0.2) is 9.59 Å². The van der Waals surface area contributed by atoms with Crippen molar-refractivity contribution in [3.8, 4) is 5.75 Å². The van der Waals surface area contributed by atoms with Gasteiger partial charge >= 0.3 is 11.9 Å². The fraction of sp³-hybridized carbons (Fsp3) is 0.111. The molecule has 1 aliphatic heterocycles. The third-order valence-corrected chi connectivity index (χ3v) is 2.16. The first-order valence-corrected chi connectivity index (χ1v) is 4.18. The van der Waals surface area contributed by atoms with Crippen LogP contribution in [0.4, 0.5) is 5.69 Å². The molecule has 1 aliphatic rings. The highest BCUT2D eigenvalue weighted by molar-refractivity contribution is 6.18. The van der Waals surface area contributed by atoms with E-state index in [-0.39, 0.29) is 16.9 Å². The zero-order valence-corrected chi connectivity index (χ0v) is 8.05. The Balaban J connectivity index is 2.78. The van der Waals surface area contributed by atoms with Crippen molar-refractivity contribution in [1.29, 1.82) is 0 Å². The van der Waals surface area contributed by atoms with Crippen LogP contribution in [0, 0.1) is 10.1 Å². The summed E-state index contributed by atoms with van der Waals surface area (Å²) in [5.41, 5.74) is -1.01. The standard InChI is InChI=1S/C9H5NO6/c1-15-5-3-2-4(10(13)14)6-7(5)9(12)16-8(6)11/h2-3H,1H3. The maximum absolute atomic E-state index is 11.3. The Bertz CT molecular complexity index is 521. The van der Waals surface area contributed by atoms with Gasteiger partial charge in [-0.2, -0.15) is 0 Å². The maximum Gasteiger partial charge on any atom is 0.354 e. The van der Waals surface area contributed by atoms with E-state index in [0.29, 0.717) is 0 Å². The number of nitrogens with zero attached hydrogens (tertiary/aromatic N) is 1. The van der Waals surface area contributed by atoms with Crippen LogP contribution in [0.1, 0.15) is 20.7 Å². The van der Waals surface area contributed by atoms with Crippen LogP contribution in [0.2, 0.25) is 0 Å². The van der Waals surface area contributed by atoms with E-state index in [9.17, 15) is 19.7 Å². The Labute approximate surface area is 88.7 Å². The molecule has 0 saturated carbocycles. The monoisotopic (exact) mass is 223 g/mol. The van der Waals surface area contributed by atoms with Gasteiger partial charge < -0.3 is 9.47 Å². The minimum Gasteiger partial charge on any atom is -0.496 e. The quantitative estimate of drug-likeness (QED) is 0.320. The number of hydrogen-bond acceptors (Lipinski definition) is 6. The SMILES string of the molecule is COc1ccc([N+](=O)[O-])c2c1C(=O)OC2=O. The molecule has 0 bridgehead atoms. The van der Waals surface area contributed by atoms with Crippen molar-refractivity contribution in [3.63, 3.8) is 0 Å². The number of carbonyl (C=O) groups is 2. The van der Waals surface area contributed by atoms with Crippen LogP contribution in [0.5, 0.6) is 5.75 Å². The van der Waals surface area contributed by atoms with Gasteiger partial charge in [-0.15, -0.1) is 0 Å². The maximum atomic E-state index is 11.3. The van der Waals surface area contributed by atoms with Crippen molar-refractivity contribution >= 4 is 17.6 Å². The van der Waals surface area contributed by atoms with E-state index < -0.39 is 22.5 Å². The predicted molar refractivity (Wildman–Crippen MR) is 49.4 cm³/mol. The zero-order chi connectivity index (χ0) is 11.9. The molecule has 0 unspecified atom stereocenters. The van der Waals surface area contributed by atoms with Crippen molar-refractivity contribution in [1.82, 2.24) is 0 Å².